The largest absolute Gasteiger partial charge is 0.415 e. The Balaban J connectivity index is 1.76. The maximum atomic E-state index is 14.6. The molecule has 0 atom stereocenters. The van der Waals surface area contributed by atoms with Gasteiger partial charge in [0.1, 0.15) is 5.82 Å². The topological polar surface area (TPSA) is 72.2 Å². The Bertz CT molecular complexity index is 1140. The lowest BCUT2D eigenvalue weighted by Gasteiger charge is -2.36. The maximum Gasteiger partial charge on any atom is 0.315 e. The van der Waals surface area contributed by atoms with Crippen molar-refractivity contribution in [3.63, 3.8) is 0 Å². The van der Waals surface area contributed by atoms with Gasteiger partial charge in [0.15, 0.2) is 20.0 Å². The molecule has 3 rings (SSSR count). The van der Waals surface area contributed by atoms with Crippen LogP contribution < -0.4 is 10.6 Å². The molecule has 0 amide bonds. The first kappa shape index (κ1) is 25.5. The maximum absolute atomic E-state index is 14.6. The second-order valence-electron chi connectivity index (χ2n) is 8.98. The molecule has 11 heteroatoms. The van der Waals surface area contributed by atoms with Crippen LogP contribution in [0.4, 0.5) is 30.6 Å². The Morgan fingerprint density at radius 1 is 1.06 bits per heavy atom. The van der Waals surface area contributed by atoms with Gasteiger partial charge >= 0.3 is 6.01 Å². The van der Waals surface area contributed by atoms with E-state index in [1.807, 2.05) is 22.6 Å². The highest BCUT2D eigenvalue weighted by Gasteiger charge is 2.36. The summed E-state index contributed by atoms with van der Waals surface area (Å²) >= 11 is 1.96. The minimum atomic E-state index is -1.88. The normalized spacial score (nSPS) is 12.2. The number of hydrogen-bond donors (Lipinski definition) is 2. The molecule has 0 bridgehead atoms. The number of aromatic nitrogens is 2. The van der Waals surface area contributed by atoms with Crippen molar-refractivity contribution in [2.24, 2.45) is 0 Å². The van der Waals surface area contributed by atoms with Gasteiger partial charge in [-0.25, -0.2) is 13.2 Å². The summed E-state index contributed by atoms with van der Waals surface area (Å²) in [6.07, 6.45) is 0. The van der Waals surface area contributed by atoms with Gasteiger partial charge < -0.3 is 19.5 Å². The molecule has 0 aliphatic carbocycles. The number of anilines is 3. The van der Waals surface area contributed by atoms with Crippen molar-refractivity contribution in [2.45, 2.75) is 38.9 Å². The quantitative estimate of drug-likeness (QED) is 0.168. The van der Waals surface area contributed by atoms with E-state index < -0.39 is 25.8 Å². The molecule has 0 saturated carbocycles. The summed E-state index contributed by atoms with van der Waals surface area (Å²) in [4.78, 5) is 0. The van der Waals surface area contributed by atoms with Gasteiger partial charge in [0.25, 0.3) is 5.89 Å². The third kappa shape index (κ3) is 6.06. The molecule has 0 aliphatic rings. The van der Waals surface area contributed by atoms with Crippen molar-refractivity contribution in [2.75, 3.05) is 23.8 Å². The lowest BCUT2D eigenvalue weighted by atomic mass is 10.1. The van der Waals surface area contributed by atoms with Gasteiger partial charge in [-0.2, -0.15) is 0 Å². The van der Waals surface area contributed by atoms with Crippen molar-refractivity contribution in [3.05, 3.63) is 51.4 Å². The van der Waals surface area contributed by atoms with Gasteiger partial charge in [-0.1, -0.05) is 25.9 Å². The first-order valence-electron chi connectivity index (χ1n) is 10.3. The molecule has 33 heavy (non-hydrogen) atoms. The van der Waals surface area contributed by atoms with E-state index in [-0.39, 0.29) is 33.9 Å². The third-order valence-corrected chi connectivity index (χ3v) is 10.8. The molecule has 1 heterocycles. The predicted octanol–water partition coefficient (Wildman–Crippen LogP) is 6.94. The lowest BCUT2D eigenvalue weighted by Crippen LogP contribution is -2.41. The predicted molar refractivity (Wildman–Crippen MR) is 134 cm³/mol. The number of nitrogens with zero attached hydrogens (tertiary/aromatic N) is 2. The first-order chi connectivity index (χ1) is 15.4. The van der Waals surface area contributed by atoms with Gasteiger partial charge in [0, 0.05) is 10.1 Å². The average Bonchev–Trinajstić information content (AvgIpc) is 3.18. The Morgan fingerprint density at radius 2 is 1.79 bits per heavy atom. The zero-order valence-corrected chi connectivity index (χ0v) is 22.2. The molecular formula is C22H26F3IN4O2Si. The number of nitrogens with one attached hydrogen (secondary N) is 2. The molecule has 6 nitrogen and oxygen atoms in total. The van der Waals surface area contributed by atoms with Crippen LogP contribution in [0.2, 0.25) is 18.1 Å². The van der Waals surface area contributed by atoms with E-state index in [9.17, 15) is 13.2 Å². The van der Waals surface area contributed by atoms with E-state index in [1.54, 1.807) is 6.07 Å². The third-order valence-electron chi connectivity index (χ3n) is 5.59. The van der Waals surface area contributed by atoms with Gasteiger partial charge in [-0.05, 0) is 71.1 Å². The molecule has 0 radical (unpaired) electrons. The van der Waals surface area contributed by atoms with Crippen LogP contribution in [0.15, 0.2) is 34.7 Å². The zero-order chi connectivity index (χ0) is 24.4. The van der Waals surface area contributed by atoms with Crippen LogP contribution in [-0.4, -0.2) is 31.7 Å². The minimum Gasteiger partial charge on any atom is -0.415 e. The number of benzene rings is 2. The Kier molecular flexibility index (Phi) is 7.74. The molecule has 0 saturated heterocycles. The molecule has 0 unspecified atom stereocenters. The Morgan fingerprint density at radius 3 is 2.45 bits per heavy atom. The van der Waals surface area contributed by atoms with E-state index in [2.05, 4.69) is 54.7 Å². The van der Waals surface area contributed by atoms with Crippen LogP contribution >= 0.6 is 22.6 Å². The van der Waals surface area contributed by atoms with Crippen molar-refractivity contribution >= 4 is 48.3 Å². The van der Waals surface area contributed by atoms with E-state index in [4.69, 9.17) is 8.84 Å². The number of halogens is 4. The molecule has 0 spiro atoms. The molecule has 0 aliphatic heterocycles. The minimum absolute atomic E-state index is 0.0122. The second-order valence-corrected chi connectivity index (χ2v) is 15.0. The monoisotopic (exact) mass is 590 g/mol. The molecule has 2 N–H and O–H groups in total. The smallest absolute Gasteiger partial charge is 0.315 e. The molecule has 0 fully saturated rings. The standard InChI is InChI=1S/C22H26F3IN4O2Si/c1-22(2,3)33(4,5)31-11-10-27-21-30-29-20(32-21)14-7-8-15(23)18(25)19(14)28-17-9-6-13(26)12-16(17)24/h6-9,12,28H,10-11H2,1-5H3,(H,27,30). The molecule has 1 aromatic heterocycles. The lowest BCUT2D eigenvalue weighted by molar-refractivity contribution is 0.300. The summed E-state index contributed by atoms with van der Waals surface area (Å²) in [5.41, 5.74) is -0.210. The molecule has 2 aromatic carbocycles. The van der Waals surface area contributed by atoms with E-state index in [0.29, 0.717) is 16.7 Å². The summed E-state index contributed by atoms with van der Waals surface area (Å²) in [6, 6.07) is 6.71. The van der Waals surface area contributed by atoms with Crippen molar-refractivity contribution < 1.29 is 22.0 Å². The summed E-state index contributed by atoms with van der Waals surface area (Å²) in [7, 11) is -1.88. The molecule has 3 aromatic rings. The zero-order valence-electron chi connectivity index (χ0n) is 19.0. The average molecular weight is 590 g/mol. The molecule has 178 valence electrons. The van der Waals surface area contributed by atoms with Crippen molar-refractivity contribution in [1.82, 2.24) is 10.2 Å². The van der Waals surface area contributed by atoms with E-state index in [0.717, 1.165) is 6.07 Å². The van der Waals surface area contributed by atoms with Crippen LogP contribution in [0, 0.1) is 21.0 Å². The first-order valence-corrected chi connectivity index (χ1v) is 14.3. The highest BCUT2D eigenvalue weighted by molar-refractivity contribution is 14.1. The van der Waals surface area contributed by atoms with Crippen LogP contribution in [0.25, 0.3) is 11.5 Å². The second kappa shape index (κ2) is 10.0. The highest BCUT2D eigenvalue weighted by atomic mass is 127. The SMILES string of the molecule is CC(C)(C)[Si](C)(C)OCCNc1nnc(-c2ccc(F)c(F)c2Nc2ccc(I)cc2F)o1. The fourth-order valence-electron chi connectivity index (χ4n) is 2.66. The van der Waals surface area contributed by atoms with Crippen LogP contribution in [0.3, 0.4) is 0 Å². The van der Waals surface area contributed by atoms with Crippen LogP contribution in [0.5, 0.6) is 0 Å². The highest BCUT2D eigenvalue weighted by Crippen LogP contribution is 2.37. The summed E-state index contributed by atoms with van der Waals surface area (Å²) < 4.78 is 55.2. The van der Waals surface area contributed by atoms with Gasteiger partial charge in [0.2, 0.25) is 0 Å². The van der Waals surface area contributed by atoms with E-state index in [1.165, 1.54) is 18.2 Å². The van der Waals surface area contributed by atoms with Gasteiger partial charge in [-0.15, -0.1) is 5.10 Å². The summed E-state index contributed by atoms with van der Waals surface area (Å²) in [5, 5.41) is 13.5. The Hall–Kier alpha value is -2.12. The van der Waals surface area contributed by atoms with Crippen molar-refractivity contribution in [3.8, 4) is 11.5 Å². The summed E-state index contributed by atoms with van der Waals surface area (Å²) in [6.45, 7) is 11.7. The fraction of sp³-hybridized carbons (Fsp3) is 0.364. The van der Waals surface area contributed by atoms with E-state index >= 15 is 0 Å². The van der Waals surface area contributed by atoms with Crippen LogP contribution in [-0.2, 0) is 4.43 Å². The number of hydrogen-bond acceptors (Lipinski definition) is 6. The summed E-state index contributed by atoms with van der Waals surface area (Å²) in [5.74, 6) is -2.92. The van der Waals surface area contributed by atoms with Gasteiger partial charge in [-0.3, -0.25) is 0 Å². The Labute approximate surface area is 205 Å². The fourth-order valence-corrected chi connectivity index (χ4v) is 4.16. The number of rotatable bonds is 8. The van der Waals surface area contributed by atoms with Crippen LogP contribution in [0.1, 0.15) is 20.8 Å². The molecular weight excluding hydrogens is 564 g/mol. The van der Waals surface area contributed by atoms with Gasteiger partial charge in [0.05, 0.1) is 23.5 Å². The van der Waals surface area contributed by atoms with Crippen molar-refractivity contribution in [1.29, 1.82) is 0 Å².